The third-order valence-electron chi connectivity index (χ3n) is 5.23. The molecule has 0 aromatic heterocycles. The van der Waals surface area contributed by atoms with Crippen molar-refractivity contribution in [3.8, 4) is 5.75 Å². The van der Waals surface area contributed by atoms with E-state index in [1.807, 2.05) is 17.9 Å². The summed E-state index contributed by atoms with van der Waals surface area (Å²) in [6, 6.07) is 5.21. The van der Waals surface area contributed by atoms with Crippen LogP contribution in [0.5, 0.6) is 5.75 Å². The van der Waals surface area contributed by atoms with Gasteiger partial charge in [0.2, 0.25) is 0 Å². The number of amides is 1. The zero-order valence-electron chi connectivity index (χ0n) is 12.7. The number of hydrogen-bond acceptors (Lipinski definition) is 3. The van der Waals surface area contributed by atoms with Crippen LogP contribution in [0.1, 0.15) is 41.6 Å². The number of hydrogen-bond donors (Lipinski definition) is 2. The van der Waals surface area contributed by atoms with E-state index >= 15 is 0 Å². The minimum Gasteiger partial charge on any atom is -0.508 e. The number of likely N-dealkylation sites (tertiary alicyclic amines) is 1. The molecule has 0 unspecified atom stereocenters. The predicted molar refractivity (Wildman–Crippen MR) is 82.5 cm³/mol. The van der Waals surface area contributed by atoms with Crippen LogP contribution >= 0.6 is 0 Å². The van der Waals surface area contributed by atoms with Crippen LogP contribution in [0.15, 0.2) is 18.2 Å². The van der Waals surface area contributed by atoms with Gasteiger partial charge in [-0.1, -0.05) is 6.07 Å². The van der Waals surface area contributed by atoms with E-state index in [-0.39, 0.29) is 11.7 Å². The van der Waals surface area contributed by atoms with Gasteiger partial charge in [-0.3, -0.25) is 4.79 Å². The molecule has 1 spiro atoms. The topological polar surface area (TPSA) is 52.6 Å². The van der Waals surface area contributed by atoms with Crippen molar-refractivity contribution in [2.75, 3.05) is 26.2 Å². The lowest BCUT2D eigenvalue weighted by molar-refractivity contribution is 0.0495. The first kappa shape index (κ1) is 14.4. The molecule has 0 aliphatic carbocycles. The lowest BCUT2D eigenvalue weighted by Gasteiger charge is -2.44. The van der Waals surface area contributed by atoms with Gasteiger partial charge < -0.3 is 15.3 Å². The number of carbonyl (C=O) groups excluding carboxylic acids is 1. The molecule has 2 aliphatic heterocycles. The second kappa shape index (κ2) is 5.68. The summed E-state index contributed by atoms with van der Waals surface area (Å²) in [5.74, 6) is 0.252. The highest BCUT2D eigenvalue weighted by Crippen LogP contribution is 2.39. The van der Waals surface area contributed by atoms with Crippen LogP contribution in [-0.2, 0) is 0 Å². The molecule has 1 amide bonds. The van der Waals surface area contributed by atoms with Crippen molar-refractivity contribution in [1.82, 2.24) is 10.2 Å². The van der Waals surface area contributed by atoms with Gasteiger partial charge in [0.15, 0.2) is 0 Å². The summed E-state index contributed by atoms with van der Waals surface area (Å²) in [6.07, 6.45) is 4.69. The van der Waals surface area contributed by atoms with Gasteiger partial charge in [-0.2, -0.15) is 0 Å². The summed E-state index contributed by atoms with van der Waals surface area (Å²) in [5.41, 5.74) is 1.86. The Labute approximate surface area is 126 Å². The Kier molecular flexibility index (Phi) is 3.89. The second-order valence-electron chi connectivity index (χ2n) is 6.54. The summed E-state index contributed by atoms with van der Waals surface area (Å²) in [5, 5.41) is 13.2. The van der Waals surface area contributed by atoms with Crippen molar-refractivity contribution in [2.45, 2.75) is 32.6 Å². The summed E-state index contributed by atoms with van der Waals surface area (Å²) < 4.78 is 0. The van der Waals surface area contributed by atoms with E-state index < -0.39 is 0 Å². The fourth-order valence-corrected chi connectivity index (χ4v) is 3.57. The predicted octanol–water partition coefficient (Wildman–Crippen LogP) is 2.31. The molecule has 2 saturated heterocycles. The van der Waals surface area contributed by atoms with E-state index in [4.69, 9.17) is 0 Å². The summed E-state index contributed by atoms with van der Waals surface area (Å²) in [7, 11) is 0. The van der Waals surface area contributed by atoms with Gasteiger partial charge in [0, 0.05) is 18.7 Å². The summed E-state index contributed by atoms with van der Waals surface area (Å²) in [4.78, 5) is 14.5. The van der Waals surface area contributed by atoms with Crippen LogP contribution in [0.4, 0.5) is 0 Å². The van der Waals surface area contributed by atoms with Gasteiger partial charge in [0.05, 0.1) is 0 Å². The fourth-order valence-electron chi connectivity index (χ4n) is 3.57. The van der Waals surface area contributed by atoms with E-state index in [2.05, 4.69) is 5.32 Å². The van der Waals surface area contributed by atoms with Crippen molar-refractivity contribution >= 4 is 5.91 Å². The minimum absolute atomic E-state index is 0.0501. The quantitative estimate of drug-likeness (QED) is 0.834. The van der Waals surface area contributed by atoms with E-state index in [1.54, 1.807) is 12.1 Å². The Morgan fingerprint density at radius 2 is 1.86 bits per heavy atom. The van der Waals surface area contributed by atoms with Gasteiger partial charge in [-0.15, -0.1) is 0 Å². The molecule has 4 nitrogen and oxygen atoms in total. The molecule has 21 heavy (non-hydrogen) atoms. The van der Waals surface area contributed by atoms with Crippen LogP contribution < -0.4 is 5.32 Å². The molecule has 0 radical (unpaired) electrons. The lowest BCUT2D eigenvalue weighted by atomic mass is 9.71. The van der Waals surface area contributed by atoms with Crippen molar-refractivity contribution in [2.24, 2.45) is 5.41 Å². The third-order valence-corrected chi connectivity index (χ3v) is 5.23. The maximum atomic E-state index is 12.5. The maximum absolute atomic E-state index is 12.5. The SMILES string of the molecule is Cc1ccc(C(=O)N2CCC3(CCNCC3)CC2)cc1O. The average Bonchev–Trinajstić information content (AvgIpc) is 2.51. The molecular weight excluding hydrogens is 264 g/mol. The first-order chi connectivity index (χ1) is 10.1. The molecule has 2 N–H and O–H groups in total. The molecule has 0 atom stereocenters. The first-order valence-electron chi connectivity index (χ1n) is 7.89. The number of rotatable bonds is 1. The van der Waals surface area contributed by atoms with Crippen molar-refractivity contribution in [3.63, 3.8) is 0 Å². The Morgan fingerprint density at radius 1 is 1.19 bits per heavy atom. The molecule has 1 aromatic rings. The largest absolute Gasteiger partial charge is 0.508 e. The number of phenols is 1. The number of phenolic OH excluding ortho intramolecular Hbond substituents is 1. The highest BCUT2D eigenvalue weighted by atomic mass is 16.3. The molecule has 3 rings (SSSR count). The van der Waals surface area contributed by atoms with E-state index in [0.29, 0.717) is 11.0 Å². The van der Waals surface area contributed by atoms with Crippen LogP contribution in [0.3, 0.4) is 0 Å². The molecule has 0 saturated carbocycles. The zero-order valence-corrected chi connectivity index (χ0v) is 12.7. The van der Waals surface area contributed by atoms with Gasteiger partial charge in [0.1, 0.15) is 5.75 Å². The second-order valence-corrected chi connectivity index (χ2v) is 6.54. The van der Waals surface area contributed by atoms with Crippen LogP contribution in [0.2, 0.25) is 0 Å². The number of aryl methyl sites for hydroxylation is 1. The smallest absolute Gasteiger partial charge is 0.253 e. The van der Waals surface area contributed by atoms with Crippen LogP contribution in [0.25, 0.3) is 0 Å². The molecule has 114 valence electrons. The first-order valence-corrected chi connectivity index (χ1v) is 7.89. The number of nitrogens with zero attached hydrogens (tertiary/aromatic N) is 1. The average molecular weight is 288 g/mol. The number of nitrogens with one attached hydrogen (secondary N) is 1. The minimum atomic E-state index is 0.0501. The number of carbonyl (C=O) groups is 1. The normalized spacial score (nSPS) is 21.5. The van der Waals surface area contributed by atoms with Crippen molar-refractivity contribution in [1.29, 1.82) is 0 Å². The molecular formula is C17H24N2O2. The van der Waals surface area contributed by atoms with Crippen molar-refractivity contribution < 1.29 is 9.90 Å². The Hall–Kier alpha value is -1.55. The lowest BCUT2D eigenvalue weighted by Crippen LogP contribution is -2.47. The van der Waals surface area contributed by atoms with E-state index in [0.717, 1.165) is 44.6 Å². The maximum Gasteiger partial charge on any atom is 0.253 e. The summed E-state index contributed by atoms with van der Waals surface area (Å²) in [6.45, 7) is 5.74. The molecule has 2 fully saturated rings. The zero-order chi connectivity index (χ0) is 14.9. The van der Waals surface area contributed by atoms with Crippen molar-refractivity contribution in [3.05, 3.63) is 29.3 Å². The number of aromatic hydroxyl groups is 1. The molecule has 4 heteroatoms. The van der Waals surface area contributed by atoms with Gasteiger partial charge in [-0.25, -0.2) is 0 Å². The number of benzene rings is 1. The van der Waals surface area contributed by atoms with E-state index in [1.165, 1.54) is 12.8 Å². The molecule has 0 bridgehead atoms. The van der Waals surface area contributed by atoms with Gasteiger partial charge in [0.25, 0.3) is 5.91 Å². The number of piperidine rings is 2. The Bertz CT molecular complexity index is 526. The molecule has 2 aliphatic rings. The monoisotopic (exact) mass is 288 g/mol. The molecule has 2 heterocycles. The van der Waals surface area contributed by atoms with E-state index in [9.17, 15) is 9.90 Å². The third kappa shape index (κ3) is 2.91. The Balaban J connectivity index is 1.65. The highest BCUT2D eigenvalue weighted by Gasteiger charge is 2.36. The van der Waals surface area contributed by atoms with Gasteiger partial charge >= 0.3 is 0 Å². The Morgan fingerprint density at radius 3 is 2.48 bits per heavy atom. The van der Waals surface area contributed by atoms with Crippen LogP contribution in [-0.4, -0.2) is 42.1 Å². The standard InChI is InChI=1S/C17H24N2O2/c1-13-2-3-14(12-15(13)20)16(21)19-10-6-17(7-11-19)4-8-18-9-5-17/h2-3,12,18,20H,4-11H2,1H3. The van der Waals surface area contributed by atoms with Gasteiger partial charge in [-0.05, 0) is 68.8 Å². The fraction of sp³-hybridized carbons (Fsp3) is 0.588. The van der Waals surface area contributed by atoms with Crippen LogP contribution in [0, 0.1) is 12.3 Å². The highest BCUT2D eigenvalue weighted by molar-refractivity contribution is 5.94. The molecule has 1 aromatic carbocycles. The summed E-state index contributed by atoms with van der Waals surface area (Å²) >= 11 is 0.